The molecule has 2 amide bonds. The Morgan fingerprint density at radius 1 is 1.07 bits per heavy atom. The Bertz CT molecular complexity index is 817. The van der Waals surface area contributed by atoms with Gasteiger partial charge in [0.2, 0.25) is 11.8 Å². The van der Waals surface area contributed by atoms with E-state index in [0.717, 1.165) is 23.3 Å². The molecule has 2 rings (SSSR count). The summed E-state index contributed by atoms with van der Waals surface area (Å²) in [4.78, 5) is 27.7. The van der Waals surface area contributed by atoms with Crippen molar-refractivity contribution >= 4 is 11.8 Å². The van der Waals surface area contributed by atoms with Gasteiger partial charge in [-0.1, -0.05) is 55.8 Å². The zero-order chi connectivity index (χ0) is 21.9. The van der Waals surface area contributed by atoms with Gasteiger partial charge in [-0.15, -0.1) is 0 Å². The first-order valence-corrected chi connectivity index (χ1v) is 10.7. The van der Waals surface area contributed by atoms with E-state index in [1.54, 1.807) is 12.0 Å². The van der Waals surface area contributed by atoms with Crippen molar-refractivity contribution in [3.63, 3.8) is 0 Å². The monoisotopic (exact) mass is 410 g/mol. The molecule has 0 saturated carbocycles. The molecule has 0 aliphatic carbocycles. The van der Waals surface area contributed by atoms with Crippen LogP contribution in [-0.2, 0) is 22.6 Å². The van der Waals surface area contributed by atoms with Gasteiger partial charge in [0.25, 0.3) is 0 Å². The molecular weight excluding hydrogens is 376 g/mol. The third-order valence-corrected chi connectivity index (χ3v) is 5.17. The third kappa shape index (κ3) is 6.90. The van der Waals surface area contributed by atoms with Crippen LogP contribution >= 0.6 is 0 Å². The van der Waals surface area contributed by atoms with E-state index in [0.29, 0.717) is 32.4 Å². The molecule has 0 radical (unpaired) electrons. The van der Waals surface area contributed by atoms with Gasteiger partial charge in [0.05, 0.1) is 7.11 Å². The first-order chi connectivity index (χ1) is 14.5. The van der Waals surface area contributed by atoms with Crippen molar-refractivity contribution in [2.75, 3.05) is 13.7 Å². The number of methoxy groups -OCH3 is 1. The number of aryl methyl sites for hydroxylation is 2. The maximum absolute atomic E-state index is 13.2. The minimum atomic E-state index is -0.492. The van der Waals surface area contributed by atoms with E-state index < -0.39 is 6.04 Å². The molecular formula is C25H34N2O3. The summed E-state index contributed by atoms with van der Waals surface area (Å²) in [6, 6.07) is 15.4. The summed E-state index contributed by atoms with van der Waals surface area (Å²) in [7, 11) is 1.62. The van der Waals surface area contributed by atoms with Crippen LogP contribution in [0.5, 0.6) is 5.75 Å². The van der Waals surface area contributed by atoms with Gasteiger partial charge in [-0.2, -0.15) is 0 Å². The number of benzene rings is 2. The van der Waals surface area contributed by atoms with Crippen molar-refractivity contribution in [2.24, 2.45) is 0 Å². The molecule has 1 N–H and O–H groups in total. The van der Waals surface area contributed by atoms with Gasteiger partial charge in [0, 0.05) is 19.5 Å². The summed E-state index contributed by atoms with van der Waals surface area (Å²) in [5.74, 6) is 0.630. The molecule has 30 heavy (non-hydrogen) atoms. The maximum atomic E-state index is 13.2. The second-order valence-electron chi connectivity index (χ2n) is 7.57. The highest BCUT2D eigenvalue weighted by Crippen LogP contribution is 2.18. The second kappa shape index (κ2) is 12.0. The summed E-state index contributed by atoms with van der Waals surface area (Å²) in [6.07, 6.45) is 2.44. The van der Waals surface area contributed by atoms with E-state index in [1.807, 2.05) is 45.0 Å². The molecule has 0 aromatic heterocycles. The van der Waals surface area contributed by atoms with Crippen LogP contribution < -0.4 is 10.1 Å². The number of carbonyl (C=O) groups excluding carboxylic acids is 2. The molecule has 0 aliphatic heterocycles. The lowest BCUT2D eigenvalue weighted by Crippen LogP contribution is -2.49. The number of amides is 2. The van der Waals surface area contributed by atoms with Crippen LogP contribution in [0.25, 0.3) is 0 Å². The molecule has 0 aliphatic rings. The lowest BCUT2D eigenvalue weighted by molar-refractivity contribution is -0.141. The van der Waals surface area contributed by atoms with E-state index in [4.69, 9.17) is 4.74 Å². The lowest BCUT2D eigenvalue weighted by Gasteiger charge is -2.31. The van der Waals surface area contributed by atoms with Gasteiger partial charge in [-0.25, -0.2) is 0 Å². The molecule has 1 atom stereocenters. The Morgan fingerprint density at radius 2 is 1.80 bits per heavy atom. The Hall–Kier alpha value is -2.82. The number of rotatable bonds is 11. The highest BCUT2D eigenvalue weighted by atomic mass is 16.5. The van der Waals surface area contributed by atoms with E-state index in [2.05, 4.69) is 29.6 Å². The first-order valence-electron chi connectivity index (χ1n) is 10.7. The molecule has 0 heterocycles. The summed E-state index contributed by atoms with van der Waals surface area (Å²) < 4.78 is 5.32. The van der Waals surface area contributed by atoms with Gasteiger partial charge in [-0.05, 0) is 49.4 Å². The largest absolute Gasteiger partial charge is 0.497 e. The van der Waals surface area contributed by atoms with Crippen LogP contribution in [-0.4, -0.2) is 36.4 Å². The number of carbonyl (C=O) groups is 2. The molecule has 0 saturated heterocycles. The van der Waals surface area contributed by atoms with Gasteiger partial charge >= 0.3 is 0 Å². The van der Waals surface area contributed by atoms with Gasteiger partial charge in [-0.3, -0.25) is 9.59 Å². The summed E-state index contributed by atoms with van der Waals surface area (Å²) in [6.45, 7) is 7.00. The minimum absolute atomic E-state index is 0.0168. The maximum Gasteiger partial charge on any atom is 0.242 e. The van der Waals surface area contributed by atoms with Crippen molar-refractivity contribution in [1.82, 2.24) is 10.2 Å². The predicted molar refractivity (Wildman–Crippen MR) is 120 cm³/mol. The standard InChI is InChI=1S/C25H34N2O3/c1-5-16-26-25(29)23(6-2)27(18-21-8-7-9-22(17-21)30-4)24(28)15-14-20-12-10-19(3)11-13-20/h7-13,17,23H,5-6,14-16,18H2,1-4H3,(H,26,29)/t23-/m1/s1. The van der Waals surface area contributed by atoms with Gasteiger partial charge in [0.15, 0.2) is 0 Å². The van der Waals surface area contributed by atoms with Crippen molar-refractivity contribution in [2.45, 2.75) is 59.0 Å². The fourth-order valence-corrected chi connectivity index (χ4v) is 3.40. The van der Waals surface area contributed by atoms with Crippen molar-refractivity contribution in [3.05, 3.63) is 65.2 Å². The highest BCUT2D eigenvalue weighted by molar-refractivity contribution is 5.87. The van der Waals surface area contributed by atoms with Crippen LogP contribution in [0, 0.1) is 6.92 Å². The summed E-state index contributed by atoms with van der Waals surface area (Å²) >= 11 is 0. The zero-order valence-corrected chi connectivity index (χ0v) is 18.6. The van der Waals surface area contributed by atoms with Gasteiger partial charge < -0.3 is 15.0 Å². The van der Waals surface area contributed by atoms with Crippen molar-refractivity contribution < 1.29 is 14.3 Å². The fraction of sp³-hybridized carbons (Fsp3) is 0.440. The Morgan fingerprint density at radius 3 is 2.43 bits per heavy atom. The third-order valence-electron chi connectivity index (χ3n) is 5.17. The van der Waals surface area contributed by atoms with Crippen LogP contribution in [0.15, 0.2) is 48.5 Å². The lowest BCUT2D eigenvalue weighted by atomic mass is 10.0. The highest BCUT2D eigenvalue weighted by Gasteiger charge is 2.28. The molecule has 162 valence electrons. The van der Waals surface area contributed by atoms with E-state index >= 15 is 0 Å². The van der Waals surface area contributed by atoms with E-state index in [9.17, 15) is 9.59 Å². The number of hydrogen-bond donors (Lipinski definition) is 1. The fourth-order valence-electron chi connectivity index (χ4n) is 3.40. The number of nitrogens with zero attached hydrogens (tertiary/aromatic N) is 1. The molecule has 2 aromatic carbocycles. The van der Waals surface area contributed by atoms with Crippen LogP contribution in [0.2, 0.25) is 0 Å². The second-order valence-corrected chi connectivity index (χ2v) is 7.57. The normalized spacial score (nSPS) is 11.6. The SMILES string of the molecule is CCCNC(=O)[C@@H](CC)N(Cc1cccc(OC)c1)C(=O)CCc1ccc(C)cc1. The van der Waals surface area contributed by atoms with E-state index in [1.165, 1.54) is 5.56 Å². The van der Waals surface area contributed by atoms with Gasteiger partial charge in [0.1, 0.15) is 11.8 Å². The number of hydrogen-bond acceptors (Lipinski definition) is 3. The first kappa shape index (κ1) is 23.5. The summed E-state index contributed by atoms with van der Waals surface area (Å²) in [5, 5.41) is 2.95. The molecule has 0 fully saturated rings. The summed E-state index contributed by atoms with van der Waals surface area (Å²) in [5.41, 5.74) is 3.27. The zero-order valence-electron chi connectivity index (χ0n) is 18.6. The van der Waals surface area contributed by atoms with Crippen LogP contribution in [0.1, 0.15) is 49.8 Å². The van der Waals surface area contributed by atoms with Crippen LogP contribution in [0.3, 0.4) is 0 Å². The minimum Gasteiger partial charge on any atom is -0.497 e. The average Bonchev–Trinajstić information content (AvgIpc) is 2.77. The smallest absolute Gasteiger partial charge is 0.242 e. The Labute approximate surface area is 180 Å². The topological polar surface area (TPSA) is 58.6 Å². The molecule has 5 heteroatoms. The average molecular weight is 411 g/mol. The molecule has 2 aromatic rings. The van der Waals surface area contributed by atoms with Crippen molar-refractivity contribution in [3.8, 4) is 5.75 Å². The van der Waals surface area contributed by atoms with Crippen molar-refractivity contribution in [1.29, 1.82) is 0 Å². The van der Waals surface area contributed by atoms with E-state index in [-0.39, 0.29) is 11.8 Å². The quantitative estimate of drug-likeness (QED) is 0.602. The number of nitrogens with one attached hydrogen (secondary N) is 1. The number of ether oxygens (including phenoxy) is 1. The Kier molecular flexibility index (Phi) is 9.39. The predicted octanol–water partition coefficient (Wildman–Crippen LogP) is 4.27. The Balaban J connectivity index is 2.20. The molecule has 5 nitrogen and oxygen atoms in total. The molecule has 0 bridgehead atoms. The molecule has 0 unspecified atom stereocenters. The van der Waals surface area contributed by atoms with Crippen LogP contribution in [0.4, 0.5) is 0 Å². The molecule has 0 spiro atoms.